The van der Waals surface area contributed by atoms with E-state index in [1.165, 1.54) is 11.3 Å². The lowest BCUT2D eigenvalue weighted by atomic mass is 10.1. The zero-order chi connectivity index (χ0) is 19.5. The number of rotatable bonds is 6. The molecule has 1 fully saturated rings. The van der Waals surface area contributed by atoms with Crippen LogP contribution in [0.5, 0.6) is 0 Å². The molecule has 1 aliphatic rings. The Kier molecular flexibility index (Phi) is 5.72. The van der Waals surface area contributed by atoms with Gasteiger partial charge in [0.1, 0.15) is 4.83 Å². The van der Waals surface area contributed by atoms with Gasteiger partial charge in [0.05, 0.1) is 9.58 Å². The summed E-state index contributed by atoms with van der Waals surface area (Å²) in [5.74, 6) is 0.773. The first-order valence-corrected chi connectivity index (χ1v) is 11.3. The SMILES string of the molecule is CCN(CC)c1nc2sc(C(=O)NC3CCN(c4ncccn4)CC3)cc2s1. The molecule has 0 saturated carbocycles. The van der Waals surface area contributed by atoms with Gasteiger partial charge in [-0.15, -0.1) is 11.3 Å². The number of aromatic nitrogens is 3. The molecule has 3 aromatic rings. The molecule has 4 heterocycles. The molecule has 0 bridgehead atoms. The molecule has 0 unspecified atom stereocenters. The van der Waals surface area contributed by atoms with E-state index in [0.717, 1.165) is 64.5 Å². The standard InChI is InChI=1S/C19H24N6OS2/c1-3-24(4-2)19-23-17-15(28-19)12-14(27-17)16(26)22-13-6-10-25(11-7-13)18-20-8-5-9-21-18/h5,8-9,12-13H,3-4,6-7,10-11H2,1-2H3,(H,22,26). The van der Waals surface area contributed by atoms with Crippen molar-refractivity contribution in [3.05, 3.63) is 29.4 Å². The third-order valence-electron chi connectivity index (χ3n) is 5.00. The van der Waals surface area contributed by atoms with Crippen molar-refractivity contribution in [1.82, 2.24) is 20.3 Å². The van der Waals surface area contributed by atoms with Crippen molar-refractivity contribution in [1.29, 1.82) is 0 Å². The van der Waals surface area contributed by atoms with Gasteiger partial charge in [-0.3, -0.25) is 4.79 Å². The highest BCUT2D eigenvalue weighted by atomic mass is 32.1. The number of fused-ring (bicyclic) bond motifs is 1. The van der Waals surface area contributed by atoms with Crippen molar-refractivity contribution >= 4 is 49.2 Å². The summed E-state index contributed by atoms with van der Waals surface area (Å²) in [5.41, 5.74) is 0. The highest BCUT2D eigenvalue weighted by Gasteiger charge is 2.23. The third kappa shape index (κ3) is 3.95. The lowest BCUT2D eigenvalue weighted by Gasteiger charge is -2.32. The molecule has 0 aromatic carbocycles. The van der Waals surface area contributed by atoms with Gasteiger partial charge in [0.15, 0.2) is 5.13 Å². The van der Waals surface area contributed by atoms with Gasteiger partial charge in [0.25, 0.3) is 5.91 Å². The number of anilines is 2. The minimum Gasteiger partial charge on any atom is -0.349 e. The number of thiophene rings is 1. The molecule has 1 N–H and O–H groups in total. The molecule has 3 aromatic heterocycles. The van der Waals surface area contributed by atoms with Gasteiger partial charge in [-0.1, -0.05) is 11.3 Å². The Morgan fingerprint density at radius 2 is 1.93 bits per heavy atom. The average Bonchev–Trinajstić information content (AvgIpc) is 3.30. The van der Waals surface area contributed by atoms with Crippen LogP contribution in [0.3, 0.4) is 0 Å². The molecule has 1 amide bonds. The lowest BCUT2D eigenvalue weighted by molar-refractivity contribution is 0.0935. The Balaban J connectivity index is 1.36. The molecule has 7 nitrogen and oxygen atoms in total. The molecule has 28 heavy (non-hydrogen) atoms. The first kappa shape index (κ1) is 19.1. The number of carbonyl (C=O) groups excluding carboxylic acids is 1. The van der Waals surface area contributed by atoms with Gasteiger partial charge < -0.3 is 15.1 Å². The number of nitrogens with one attached hydrogen (secondary N) is 1. The minimum atomic E-state index is 0.00833. The summed E-state index contributed by atoms with van der Waals surface area (Å²) >= 11 is 3.14. The summed E-state index contributed by atoms with van der Waals surface area (Å²) in [6.45, 7) is 7.85. The van der Waals surface area contributed by atoms with E-state index in [4.69, 9.17) is 4.98 Å². The normalized spacial score (nSPS) is 15.1. The van der Waals surface area contributed by atoms with Crippen LogP contribution in [-0.2, 0) is 0 Å². The second-order valence-corrected chi connectivity index (χ2v) is 8.77. The molecule has 148 valence electrons. The number of amides is 1. The molecule has 0 radical (unpaired) electrons. The smallest absolute Gasteiger partial charge is 0.261 e. The maximum atomic E-state index is 12.7. The molecule has 9 heteroatoms. The second kappa shape index (κ2) is 8.40. The van der Waals surface area contributed by atoms with Gasteiger partial charge >= 0.3 is 0 Å². The van der Waals surface area contributed by atoms with Crippen molar-refractivity contribution in [3.63, 3.8) is 0 Å². The van der Waals surface area contributed by atoms with Gasteiger partial charge in [0.2, 0.25) is 5.95 Å². The van der Waals surface area contributed by atoms with Crippen LogP contribution in [-0.4, -0.2) is 53.1 Å². The fourth-order valence-electron chi connectivity index (χ4n) is 3.40. The number of hydrogen-bond donors (Lipinski definition) is 1. The number of thiazole rings is 1. The summed E-state index contributed by atoms with van der Waals surface area (Å²) in [6.07, 6.45) is 5.32. The first-order valence-electron chi connectivity index (χ1n) is 9.66. The zero-order valence-corrected chi connectivity index (χ0v) is 17.7. The van der Waals surface area contributed by atoms with Gasteiger partial charge in [-0.25, -0.2) is 15.0 Å². The van der Waals surface area contributed by atoms with Crippen molar-refractivity contribution in [2.45, 2.75) is 32.7 Å². The average molecular weight is 417 g/mol. The monoisotopic (exact) mass is 416 g/mol. The summed E-state index contributed by atoms with van der Waals surface area (Å²) in [4.78, 5) is 32.1. The van der Waals surface area contributed by atoms with Crippen molar-refractivity contribution < 1.29 is 4.79 Å². The van der Waals surface area contributed by atoms with Crippen molar-refractivity contribution in [3.8, 4) is 0 Å². The van der Waals surface area contributed by atoms with E-state index in [1.807, 2.05) is 12.1 Å². The number of carbonyl (C=O) groups is 1. The highest BCUT2D eigenvalue weighted by molar-refractivity contribution is 7.29. The molecular formula is C19H24N6OS2. The van der Waals surface area contributed by atoms with E-state index < -0.39 is 0 Å². The van der Waals surface area contributed by atoms with Gasteiger partial charge in [-0.2, -0.15) is 0 Å². The summed E-state index contributed by atoms with van der Waals surface area (Å²) in [5, 5.41) is 4.22. The van der Waals surface area contributed by atoms with Crippen LogP contribution >= 0.6 is 22.7 Å². The largest absolute Gasteiger partial charge is 0.349 e. The third-order valence-corrected chi connectivity index (χ3v) is 7.22. The molecule has 0 atom stereocenters. The Morgan fingerprint density at radius 3 is 2.57 bits per heavy atom. The van der Waals surface area contributed by atoms with Crippen LogP contribution in [0.4, 0.5) is 11.1 Å². The Bertz CT molecular complexity index is 897. The van der Waals surface area contributed by atoms with Gasteiger partial charge in [0, 0.05) is 44.6 Å². The summed E-state index contributed by atoms with van der Waals surface area (Å²) < 4.78 is 1.09. The summed E-state index contributed by atoms with van der Waals surface area (Å²) in [7, 11) is 0. The van der Waals surface area contributed by atoms with Crippen LogP contribution in [0.1, 0.15) is 36.4 Å². The van der Waals surface area contributed by atoms with E-state index in [0.29, 0.717) is 0 Å². The summed E-state index contributed by atoms with van der Waals surface area (Å²) in [6, 6.07) is 3.99. The fraction of sp³-hybridized carbons (Fsp3) is 0.474. The maximum Gasteiger partial charge on any atom is 0.261 e. The van der Waals surface area contributed by atoms with Gasteiger partial charge in [-0.05, 0) is 38.8 Å². The predicted molar refractivity (Wildman–Crippen MR) is 116 cm³/mol. The van der Waals surface area contributed by atoms with E-state index >= 15 is 0 Å². The molecule has 0 spiro atoms. The fourth-order valence-corrected chi connectivity index (χ4v) is 5.64. The number of piperidine rings is 1. The van der Waals surface area contributed by atoms with E-state index in [1.54, 1.807) is 23.7 Å². The zero-order valence-electron chi connectivity index (χ0n) is 16.1. The Morgan fingerprint density at radius 1 is 1.21 bits per heavy atom. The van der Waals surface area contributed by atoms with Crippen molar-refractivity contribution in [2.75, 3.05) is 36.0 Å². The minimum absolute atomic E-state index is 0.00833. The van der Waals surface area contributed by atoms with Crippen molar-refractivity contribution in [2.24, 2.45) is 0 Å². The van der Waals surface area contributed by atoms with Crippen LogP contribution in [0, 0.1) is 0 Å². The molecule has 1 aliphatic heterocycles. The molecule has 4 rings (SSSR count). The second-order valence-electron chi connectivity index (χ2n) is 6.73. The maximum absolute atomic E-state index is 12.7. The quantitative estimate of drug-likeness (QED) is 0.664. The molecule has 0 aliphatic carbocycles. The van der Waals surface area contributed by atoms with E-state index in [-0.39, 0.29) is 11.9 Å². The van der Waals surface area contributed by atoms with Crippen LogP contribution in [0.25, 0.3) is 9.53 Å². The Labute approximate surface area is 172 Å². The topological polar surface area (TPSA) is 74.2 Å². The predicted octanol–water partition coefficient (Wildman–Crippen LogP) is 3.39. The first-order chi connectivity index (χ1) is 13.7. The number of hydrogen-bond acceptors (Lipinski definition) is 8. The van der Waals surface area contributed by atoms with Crippen LogP contribution in [0.15, 0.2) is 24.5 Å². The Hall–Kier alpha value is -2.26. The number of nitrogens with zero attached hydrogens (tertiary/aromatic N) is 5. The van der Waals surface area contributed by atoms with Crippen LogP contribution < -0.4 is 15.1 Å². The molecular weight excluding hydrogens is 392 g/mol. The highest BCUT2D eigenvalue weighted by Crippen LogP contribution is 2.34. The van der Waals surface area contributed by atoms with E-state index in [2.05, 4.69) is 38.9 Å². The lowest BCUT2D eigenvalue weighted by Crippen LogP contribution is -2.45. The van der Waals surface area contributed by atoms with Crippen LogP contribution in [0.2, 0.25) is 0 Å². The molecule has 1 saturated heterocycles. The van der Waals surface area contributed by atoms with E-state index in [9.17, 15) is 4.79 Å².